The SMILES string of the molecule is CC1(C(=O)Nc2cccc(Br)c2)CCCNC1. The number of anilines is 1. The number of hydrogen-bond donors (Lipinski definition) is 2. The zero-order valence-electron chi connectivity index (χ0n) is 9.92. The molecule has 1 aliphatic heterocycles. The Bertz CT molecular complexity index is 414. The van der Waals surface area contributed by atoms with Crippen molar-refractivity contribution < 1.29 is 4.79 Å². The van der Waals surface area contributed by atoms with Crippen LogP contribution >= 0.6 is 15.9 Å². The molecule has 1 aromatic carbocycles. The van der Waals surface area contributed by atoms with E-state index in [1.807, 2.05) is 31.2 Å². The van der Waals surface area contributed by atoms with Crippen molar-refractivity contribution in [1.82, 2.24) is 5.32 Å². The summed E-state index contributed by atoms with van der Waals surface area (Å²) < 4.78 is 0.974. The second-order valence-electron chi connectivity index (χ2n) is 4.81. The Balaban J connectivity index is 2.05. The van der Waals surface area contributed by atoms with Crippen molar-refractivity contribution in [3.8, 4) is 0 Å². The summed E-state index contributed by atoms with van der Waals surface area (Å²) in [6.45, 7) is 3.79. The molecule has 4 heteroatoms. The summed E-state index contributed by atoms with van der Waals surface area (Å²) in [5.41, 5.74) is 0.553. The van der Waals surface area contributed by atoms with Gasteiger partial charge in [0.15, 0.2) is 0 Å². The average molecular weight is 297 g/mol. The first-order chi connectivity index (χ1) is 8.10. The molecule has 1 unspecified atom stereocenters. The van der Waals surface area contributed by atoms with Gasteiger partial charge in [0.2, 0.25) is 5.91 Å². The molecule has 0 aliphatic carbocycles. The van der Waals surface area contributed by atoms with Crippen LogP contribution in [0, 0.1) is 5.41 Å². The molecule has 3 nitrogen and oxygen atoms in total. The molecule has 1 heterocycles. The summed E-state index contributed by atoms with van der Waals surface area (Å²) in [7, 11) is 0. The van der Waals surface area contributed by atoms with Crippen molar-refractivity contribution in [2.75, 3.05) is 18.4 Å². The number of carbonyl (C=O) groups excluding carboxylic acids is 1. The van der Waals surface area contributed by atoms with Gasteiger partial charge in [0.25, 0.3) is 0 Å². The zero-order valence-corrected chi connectivity index (χ0v) is 11.5. The lowest BCUT2D eigenvalue weighted by Gasteiger charge is -2.32. The van der Waals surface area contributed by atoms with Crippen molar-refractivity contribution in [3.63, 3.8) is 0 Å². The molecular formula is C13H17BrN2O. The molecule has 92 valence electrons. The van der Waals surface area contributed by atoms with Gasteiger partial charge >= 0.3 is 0 Å². The number of amides is 1. The van der Waals surface area contributed by atoms with E-state index in [4.69, 9.17) is 0 Å². The van der Waals surface area contributed by atoms with E-state index in [-0.39, 0.29) is 11.3 Å². The Morgan fingerprint density at radius 3 is 3.00 bits per heavy atom. The van der Waals surface area contributed by atoms with Crippen molar-refractivity contribution in [2.45, 2.75) is 19.8 Å². The highest BCUT2D eigenvalue weighted by Crippen LogP contribution is 2.27. The van der Waals surface area contributed by atoms with Crippen LogP contribution in [-0.4, -0.2) is 19.0 Å². The van der Waals surface area contributed by atoms with Gasteiger partial charge in [0.05, 0.1) is 5.41 Å². The van der Waals surface area contributed by atoms with E-state index in [9.17, 15) is 4.79 Å². The number of piperidine rings is 1. The summed E-state index contributed by atoms with van der Waals surface area (Å²) in [6.07, 6.45) is 2.00. The van der Waals surface area contributed by atoms with Gasteiger partial charge in [0, 0.05) is 16.7 Å². The number of benzene rings is 1. The van der Waals surface area contributed by atoms with E-state index in [0.717, 1.165) is 36.1 Å². The highest BCUT2D eigenvalue weighted by Gasteiger charge is 2.34. The van der Waals surface area contributed by atoms with Crippen molar-refractivity contribution in [2.24, 2.45) is 5.41 Å². The predicted octanol–water partition coefficient (Wildman–Crippen LogP) is 2.78. The minimum atomic E-state index is -0.291. The lowest BCUT2D eigenvalue weighted by molar-refractivity contribution is -0.125. The number of nitrogens with one attached hydrogen (secondary N) is 2. The zero-order chi connectivity index (χ0) is 12.3. The van der Waals surface area contributed by atoms with Gasteiger partial charge in [0.1, 0.15) is 0 Å². The Labute approximate surface area is 110 Å². The lowest BCUT2D eigenvalue weighted by atomic mass is 9.82. The first kappa shape index (κ1) is 12.6. The molecule has 1 aromatic rings. The molecule has 0 spiro atoms. The van der Waals surface area contributed by atoms with E-state index in [1.165, 1.54) is 0 Å². The third kappa shape index (κ3) is 3.07. The van der Waals surface area contributed by atoms with E-state index in [0.29, 0.717) is 0 Å². The summed E-state index contributed by atoms with van der Waals surface area (Å²) >= 11 is 3.40. The van der Waals surface area contributed by atoms with Gasteiger partial charge in [-0.3, -0.25) is 4.79 Å². The van der Waals surface area contributed by atoms with Crippen LogP contribution in [0.15, 0.2) is 28.7 Å². The van der Waals surface area contributed by atoms with Crippen LogP contribution in [0.25, 0.3) is 0 Å². The average Bonchev–Trinajstić information content (AvgIpc) is 2.30. The van der Waals surface area contributed by atoms with Gasteiger partial charge < -0.3 is 10.6 Å². The topological polar surface area (TPSA) is 41.1 Å². The summed E-state index contributed by atoms with van der Waals surface area (Å²) in [5.74, 6) is 0.0998. The molecule has 17 heavy (non-hydrogen) atoms. The third-order valence-corrected chi connectivity index (χ3v) is 3.72. The molecule has 1 fully saturated rings. The maximum Gasteiger partial charge on any atom is 0.231 e. The standard InChI is InChI=1S/C13H17BrN2O/c1-13(6-3-7-15-9-13)12(17)16-11-5-2-4-10(14)8-11/h2,4-5,8,15H,3,6-7,9H2,1H3,(H,16,17). The van der Waals surface area contributed by atoms with Crippen molar-refractivity contribution >= 4 is 27.5 Å². The van der Waals surface area contributed by atoms with Gasteiger partial charge in [-0.1, -0.05) is 22.0 Å². The number of carbonyl (C=O) groups is 1. The lowest BCUT2D eigenvalue weighted by Crippen LogP contribution is -2.46. The van der Waals surface area contributed by atoms with Gasteiger partial charge in [-0.15, -0.1) is 0 Å². The Morgan fingerprint density at radius 1 is 1.53 bits per heavy atom. The molecular weight excluding hydrogens is 280 g/mol. The van der Waals surface area contributed by atoms with E-state index >= 15 is 0 Å². The molecule has 1 atom stereocenters. The highest BCUT2D eigenvalue weighted by atomic mass is 79.9. The molecule has 1 aliphatic rings. The fourth-order valence-corrected chi connectivity index (χ4v) is 2.50. The maximum absolute atomic E-state index is 12.2. The van der Waals surface area contributed by atoms with Gasteiger partial charge in [-0.2, -0.15) is 0 Å². The van der Waals surface area contributed by atoms with Crippen molar-refractivity contribution in [1.29, 1.82) is 0 Å². The first-order valence-electron chi connectivity index (χ1n) is 5.88. The second-order valence-corrected chi connectivity index (χ2v) is 5.72. The molecule has 0 bridgehead atoms. The normalized spacial score (nSPS) is 24.4. The van der Waals surface area contributed by atoms with E-state index in [1.54, 1.807) is 0 Å². The Hall–Kier alpha value is -0.870. The fourth-order valence-electron chi connectivity index (χ4n) is 2.10. The molecule has 1 amide bonds. The maximum atomic E-state index is 12.2. The summed E-state index contributed by atoms with van der Waals surface area (Å²) in [6, 6.07) is 7.68. The predicted molar refractivity (Wildman–Crippen MR) is 73.0 cm³/mol. The Morgan fingerprint density at radius 2 is 2.35 bits per heavy atom. The fraction of sp³-hybridized carbons (Fsp3) is 0.462. The number of halogens is 1. The second kappa shape index (κ2) is 5.19. The van der Waals surface area contributed by atoms with E-state index in [2.05, 4.69) is 26.6 Å². The third-order valence-electron chi connectivity index (χ3n) is 3.23. The molecule has 2 N–H and O–H groups in total. The number of hydrogen-bond acceptors (Lipinski definition) is 2. The van der Waals surface area contributed by atoms with Crippen LogP contribution in [-0.2, 0) is 4.79 Å². The summed E-state index contributed by atoms with van der Waals surface area (Å²) in [4.78, 5) is 12.2. The van der Waals surface area contributed by atoms with Crippen LogP contribution in [0.3, 0.4) is 0 Å². The van der Waals surface area contributed by atoms with Crippen LogP contribution in [0.2, 0.25) is 0 Å². The molecule has 1 saturated heterocycles. The highest BCUT2D eigenvalue weighted by molar-refractivity contribution is 9.10. The van der Waals surface area contributed by atoms with Crippen LogP contribution in [0.1, 0.15) is 19.8 Å². The van der Waals surface area contributed by atoms with Crippen LogP contribution in [0.5, 0.6) is 0 Å². The largest absolute Gasteiger partial charge is 0.326 e. The quantitative estimate of drug-likeness (QED) is 0.881. The monoisotopic (exact) mass is 296 g/mol. The molecule has 2 rings (SSSR count). The number of rotatable bonds is 2. The van der Waals surface area contributed by atoms with Crippen molar-refractivity contribution in [3.05, 3.63) is 28.7 Å². The van der Waals surface area contributed by atoms with Crippen LogP contribution in [0.4, 0.5) is 5.69 Å². The van der Waals surface area contributed by atoms with Gasteiger partial charge in [-0.25, -0.2) is 0 Å². The Kier molecular flexibility index (Phi) is 3.84. The summed E-state index contributed by atoms with van der Waals surface area (Å²) in [5, 5.41) is 6.27. The van der Waals surface area contributed by atoms with Crippen LogP contribution < -0.4 is 10.6 Å². The smallest absolute Gasteiger partial charge is 0.231 e. The van der Waals surface area contributed by atoms with E-state index < -0.39 is 0 Å². The van der Waals surface area contributed by atoms with Gasteiger partial charge in [-0.05, 0) is 44.5 Å². The molecule has 0 radical (unpaired) electrons. The minimum absolute atomic E-state index is 0.0998. The minimum Gasteiger partial charge on any atom is -0.326 e. The first-order valence-corrected chi connectivity index (χ1v) is 6.67. The molecule has 0 aromatic heterocycles. The molecule has 0 saturated carbocycles.